The van der Waals surface area contributed by atoms with Gasteiger partial charge < -0.3 is 20.2 Å². The first-order chi connectivity index (χ1) is 16.2. The van der Waals surface area contributed by atoms with Gasteiger partial charge in [-0.2, -0.15) is 0 Å². The Balaban J connectivity index is 1.52. The lowest BCUT2D eigenvalue weighted by molar-refractivity contribution is 0.0778. The molecule has 2 aromatic heterocycles. The second kappa shape index (κ2) is 9.82. The third-order valence-corrected chi connectivity index (χ3v) is 6.17. The van der Waals surface area contributed by atoms with E-state index in [-0.39, 0.29) is 31.0 Å². The number of ether oxygens (including phenoxy) is 1. The molecule has 3 heterocycles. The van der Waals surface area contributed by atoms with Gasteiger partial charge in [-0.05, 0) is 32.0 Å². The summed E-state index contributed by atoms with van der Waals surface area (Å²) in [4.78, 5) is 27.6. The van der Waals surface area contributed by atoms with E-state index in [0.29, 0.717) is 33.5 Å². The third-order valence-electron chi connectivity index (χ3n) is 5.62. The Morgan fingerprint density at radius 2 is 2.06 bits per heavy atom. The van der Waals surface area contributed by atoms with Gasteiger partial charge in [0.2, 0.25) is 0 Å². The molecule has 1 amide bonds. The summed E-state index contributed by atoms with van der Waals surface area (Å²) in [6, 6.07) is 6.99. The van der Waals surface area contributed by atoms with Gasteiger partial charge in [0.15, 0.2) is 0 Å². The van der Waals surface area contributed by atoms with Gasteiger partial charge in [0.1, 0.15) is 30.1 Å². The van der Waals surface area contributed by atoms with Gasteiger partial charge in [0.05, 0.1) is 34.4 Å². The largest absolute Gasteiger partial charge is 0.490 e. The Kier molecular flexibility index (Phi) is 6.85. The zero-order valence-corrected chi connectivity index (χ0v) is 19.4. The van der Waals surface area contributed by atoms with Gasteiger partial charge in [-0.15, -0.1) is 0 Å². The van der Waals surface area contributed by atoms with E-state index >= 15 is 0 Å². The number of carbonyl (C=O) groups excluding carboxylic acids is 1. The van der Waals surface area contributed by atoms with Gasteiger partial charge in [-0.25, -0.2) is 14.4 Å². The van der Waals surface area contributed by atoms with Gasteiger partial charge >= 0.3 is 0 Å². The second-order valence-corrected chi connectivity index (χ2v) is 8.46. The summed E-state index contributed by atoms with van der Waals surface area (Å²) in [5.74, 6) is -1.00. The fourth-order valence-electron chi connectivity index (χ4n) is 3.79. The smallest absolute Gasteiger partial charge is 0.257 e. The van der Waals surface area contributed by atoms with Gasteiger partial charge in [0, 0.05) is 36.3 Å². The van der Waals surface area contributed by atoms with Crippen molar-refractivity contribution >= 4 is 23.2 Å². The highest BCUT2D eigenvalue weighted by Gasteiger charge is 2.35. The number of aryl methyl sites for hydroxylation is 2. The minimum absolute atomic E-state index is 0.0114. The summed E-state index contributed by atoms with van der Waals surface area (Å²) in [5.41, 5.74) is 2.20. The maximum absolute atomic E-state index is 14.0. The van der Waals surface area contributed by atoms with E-state index in [0.717, 1.165) is 6.07 Å². The van der Waals surface area contributed by atoms with E-state index in [9.17, 15) is 14.3 Å². The first kappa shape index (κ1) is 23.7. The molecule has 0 spiro atoms. The van der Waals surface area contributed by atoms with Crippen LogP contribution in [0.1, 0.15) is 45.2 Å². The highest BCUT2D eigenvalue weighted by atomic mass is 35.5. The quantitative estimate of drug-likeness (QED) is 0.553. The summed E-state index contributed by atoms with van der Waals surface area (Å²) < 4.78 is 19.6. The van der Waals surface area contributed by atoms with Crippen LogP contribution in [0.15, 0.2) is 42.7 Å². The Bertz CT molecular complexity index is 1220. The van der Waals surface area contributed by atoms with E-state index in [1.54, 1.807) is 32.2 Å². The number of hydrogen-bond donors (Lipinski definition) is 2. The van der Waals surface area contributed by atoms with Crippen LogP contribution < -0.4 is 4.74 Å². The summed E-state index contributed by atoms with van der Waals surface area (Å²) in [6.07, 6.45) is 2.08. The Labute approximate surface area is 200 Å². The molecule has 2 unspecified atom stereocenters. The number of carbonyl (C=O) groups is 1. The number of rotatable bonds is 6. The Morgan fingerprint density at radius 3 is 2.74 bits per heavy atom. The molecule has 176 valence electrons. The van der Waals surface area contributed by atoms with E-state index in [2.05, 4.69) is 15.0 Å². The molecule has 4 rings (SSSR count). The topological polar surface area (TPSA) is 112 Å². The zero-order chi connectivity index (χ0) is 24.4. The second-order valence-electron chi connectivity index (χ2n) is 8.08. The fraction of sp³-hybridized carbons (Fsp3) is 0.292. The van der Waals surface area contributed by atoms with Crippen molar-refractivity contribution in [3.8, 4) is 5.75 Å². The lowest BCUT2D eigenvalue weighted by Crippen LogP contribution is -2.29. The third kappa shape index (κ3) is 4.90. The number of amides is 1. The molecule has 1 aliphatic rings. The molecule has 3 aromatic rings. The number of hydrogen-bond acceptors (Lipinski definition) is 7. The van der Waals surface area contributed by atoms with E-state index in [1.807, 2.05) is 0 Å². The van der Waals surface area contributed by atoms with Crippen LogP contribution in [0.3, 0.4) is 0 Å². The number of benzene rings is 1. The molecule has 1 aliphatic heterocycles. The SMILES string of the molecule is Cc1nc(C2CN(C(=O)c3ccc(F)cc3OCC(O)c3cccnc3)CC2=N)nc(C)c1Cl. The number of aromatic nitrogens is 3. The molecule has 2 atom stereocenters. The first-order valence-corrected chi connectivity index (χ1v) is 11.0. The molecular formula is C24H23ClFN5O3. The van der Waals surface area contributed by atoms with Crippen molar-refractivity contribution in [2.75, 3.05) is 19.7 Å². The summed E-state index contributed by atoms with van der Waals surface area (Å²) in [6.45, 7) is 3.63. The van der Waals surface area contributed by atoms with Crippen LogP contribution in [0.4, 0.5) is 4.39 Å². The Morgan fingerprint density at radius 1 is 1.32 bits per heavy atom. The van der Waals surface area contributed by atoms with Crippen LogP contribution in [-0.4, -0.2) is 56.3 Å². The lowest BCUT2D eigenvalue weighted by atomic mass is 10.1. The van der Waals surface area contributed by atoms with Crippen LogP contribution in [-0.2, 0) is 0 Å². The van der Waals surface area contributed by atoms with Crippen molar-refractivity contribution < 1.29 is 19.0 Å². The van der Waals surface area contributed by atoms with Gasteiger partial charge in [-0.3, -0.25) is 9.78 Å². The van der Waals surface area contributed by atoms with Gasteiger partial charge in [0.25, 0.3) is 5.91 Å². The minimum atomic E-state index is -1.00. The number of likely N-dealkylation sites (tertiary alicyclic amines) is 1. The van der Waals surface area contributed by atoms with Crippen LogP contribution in [0.5, 0.6) is 5.75 Å². The fourth-order valence-corrected chi connectivity index (χ4v) is 3.87. The monoisotopic (exact) mass is 483 g/mol. The number of nitrogens with one attached hydrogen (secondary N) is 1. The highest BCUT2D eigenvalue weighted by molar-refractivity contribution is 6.31. The predicted octanol–water partition coefficient (Wildman–Crippen LogP) is 3.65. The highest BCUT2D eigenvalue weighted by Crippen LogP contribution is 2.29. The number of halogens is 2. The average Bonchev–Trinajstić information content (AvgIpc) is 3.22. The molecule has 1 saturated heterocycles. The number of aliphatic hydroxyl groups excluding tert-OH is 1. The average molecular weight is 484 g/mol. The molecule has 34 heavy (non-hydrogen) atoms. The van der Waals surface area contributed by atoms with Crippen molar-refractivity contribution in [2.24, 2.45) is 0 Å². The Hall–Kier alpha value is -3.43. The number of nitrogens with zero attached hydrogens (tertiary/aromatic N) is 4. The molecular weight excluding hydrogens is 461 g/mol. The van der Waals surface area contributed by atoms with Crippen LogP contribution in [0.2, 0.25) is 5.02 Å². The maximum Gasteiger partial charge on any atom is 0.257 e. The molecule has 1 aromatic carbocycles. The zero-order valence-electron chi connectivity index (χ0n) is 18.6. The molecule has 10 heteroatoms. The summed E-state index contributed by atoms with van der Waals surface area (Å²) in [5, 5.41) is 19.2. The molecule has 0 radical (unpaired) electrons. The molecule has 0 saturated carbocycles. The number of pyridine rings is 1. The van der Waals surface area contributed by atoms with Crippen molar-refractivity contribution in [3.63, 3.8) is 0 Å². The molecule has 1 fully saturated rings. The van der Waals surface area contributed by atoms with Crippen molar-refractivity contribution in [1.29, 1.82) is 5.41 Å². The maximum atomic E-state index is 14.0. The molecule has 0 bridgehead atoms. The standard InChI is InChI=1S/C24H23ClFN5O3/c1-13-22(25)14(2)30-23(29-13)18-10-31(11-19(18)27)24(33)17-6-5-16(26)8-21(17)34-12-20(32)15-4-3-7-28-9-15/h3-9,18,20,27,32H,10-12H2,1-2H3. The minimum Gasteiger partial charge on any atom is -0.490 e. The van der Waals surface area contributed by atoms with Crippen molar-refractivity contribution in [2.45, 2.75) is 25.9 Å². The predicted molar refractivity (Wildman–Crippen MR) is 124 cm³/mol. The molecule has 8 nitrogen and oxygen atoms in total. The molecule has 0 aliphatic carbocycles. The van der Waals surface area contributed by atoms with Crippen LogP contribution >= 0.6 is 11.6 Å². The van der Waals surface area contributed by atoms with Crippen molar-refractivity contribution in [3.05, 3.63) is 81.9 Å². The van der Waals surface area contributed by atoms with Crippen LogP contribution in [0.25, 0.3) is 0 Å². The van der Waals surface area contributed by atoms with Crippen LogP contribution in [0, 0.1) is 25.1 Å². The lowest BCUT2D eigenvalue weighted by Gasteiger charge is -2.19. The van der Waals surface area contributed by atoms with E-state index in [1.165, 1.54) is 23.2 Å². The number of aliphatic hydroxyl groups is 1. The van der Waals surface area contributed by atoms with Crippen molar-refractivity contribution in [1.82, 2.24) is 19.9 Å². The summed E-state index contributed by atoms with van der Waals surface area (Å²) >= 11 is 6.16. The van der Waals surface area contributed by atoms with E-state index in [4.69, 9.17) is 21.7 Å². The normalized spacial score (nSPS) is 16.6. The van der Waals surface area contributed by atoms with Gasteiger partial charge in [-0.1, -0.05) is 17.7 Å². The summed E-state index contributed by atoms with van der Waals surface area (Å²) in [7, 11) is 0. The first-order valence-electron chi connectivity index (χ1n) is 10.6. The molecule has 2 N–H and O–H groups in total. The van der Waals surface area contributed by atoms with E-state index < -0.39 is 23.7 Å².